The lowest BCUT2D eigenvalue weighted by atomic mass is 10.2. The predicted octanol–water partition coefficient (Wildman–Crippen LogP) is 2.67. The van der Waals surface area contributed by atoms with Gasteiger partial charge in [-0.25, -0.2) is 8.42 Å². The molecule has 4 rings (SSSR count). The summed E-state index contributed by atoms with van der Waals surface area (Å²) in [6, 6.07) is 9.64. The van der Waals surface area contributed by atoms with Crippen LogP contribution in [-0.4, -0.2) is 43.7 Å². The summed E-state index contributed by atoms with van der Waals surface area (Å²) in [5, 5.41) is 4.54. The summed E-state index contributed by atoms with van der Waals surface area (Å²) in [4.78, 5) is 26.5. The highest BCUT2D eigenvalue weighted by Gasteiger charge is 2.40. The van der Waals surface area contributed by atoms with Crippen LogP contribution in [0.2, 0.25) is 0 Å². The highest BCUT2D eigenvalue weighted by Crippen LogP contribution is 2.30. The second-order valence-corrected chi connectivity index (χ2v) is 9.96. The first kappa shape index (κ1) is 19.1. The van der Waals surface area contributed by atoms with E-state index in [1.54, 1.807) is 40.6 Å². The predicted molar refractivity (Wildman–Crippen MR) is 108 cm³/mol. The zero-order valence-electron chi connectivity index (χ0n) is 15.2. The minimum Gasteiger partial charge on any atom is -0.325 e. The molecule has 0 saturated carbocycles. The number of carbonyl (C=O) groups is 2. The Morgan fingerprint density at radius 1 is 1.14 bits per heavy atom. The molecule has 148 valence electrons. The maximum atomic E-state index is 12.8. The molecule has 0 spiro atoms. The number of nitrogens with zero attached hydrogens (tertiary/aromatic N) is 2. The Morgan fingerprint density at radius 2 is 2.00 bits per heavy atom. The van der Waals surface area contributed by atoms with E-state index in [-0.39, 0.29) is 16.0 Å². The molecule has 2 amide bonds. The van der Waals surface area contributed by atoms with Crippen molar-refractivity contribution in [1.82, 2.24) is 4.31 Å². The molecule has 9 heteroatoms. The van der Waals surface area contributed by atoms with Crippen molar-refractivity contribution < 1.29 is 18.0 Å². The van der Waals surface area contributed by atoms with Crippen molar-refractivity contribution in [3.05, 3.63) is 41.8 Å². The molecule has 1 unspecified atom stereocenters. The van der Waals surface area contributed by atoms with Gasteiger partial charge in [0.05, 0.1) is 0 Å². The van der Waals surface area contributed by atoms with Gasteiger partial charge in [0.25, 0.3) is 10.0 Å². The standard InChI is InChI=1S/C19H21N3O4S2/c23-17-8-3-10-21(17)15-6-1-5-14(13-15)20-19(24)16-7-2-11-22(16)28(25,26)18-9-4-12-27-18/h1,4-6,9,12-13,16H,2-3,7-8,10-11H2,(H,20,24). The summed E-state index contributed by atoms with van der Waals surface area (Å²) in [5.41, 5.74) is 1.30. The highest BCUT2D eigenvalue weighted by molar-refractivity contribution is 7.91. The Hall–Kier alpha value is -2.23. The summed E-state index contributed by atoms with van der Waals surface area (Å²) in [5.74, 6) is -0.269. The van der Waals surface area contributed by atoms with Crippen LogP contribution >= 0.6 is 11.3 Å². The van der Waals surface area contributed by atoms with E-state index in [0.29, 0.717) is 38.0 Å². The molecule has 1 aromatic heterocycles. The lowest BCUT2D eigenvalue weighted by Crippen LogP contribution is -2.42. The molecule has 1 atom stereocenters. The molecule has 7 nitrogen and oxygen atoms in total. The molecule has 2 saturated heterocycles. The summed E-state index contributed by atoms with van der Waals surface area (Å²) < 4.78 is 27.2. The molecular formula is C19H21N3O4S2. The van der Waals surface area contributed by atoms with Crippen molar-refractivity contribution in [2.24, 2.45) is 0 Å². The maximum absolute atomic E-state index is 12.8. The number of hydrogen-bond acceptors (Lipinski definition) is 5. The van der Waals surface area contributed by atoms with E-state index in [9.17, 15) is 18.0 Å². The number of rotatable bonds is 5. The monoisotopic (exact) mass is 419 g/mol. The molecule has 3 heterocycles. The van der Waals surface area contributed by atoms with Gasteiger partial charge < -0.3 is 10.2 Å². The van der Waals surface area contributed by atoms with E-state index in [1.165, 1.54) is 4.31 Å². The molecule has 0 aliphatic carbocycles. The van der Waals surface area contributed by atoms with Crippen LogP contribution in [0, 0.1) is 0 Å². The van der Waals surface area contributed by atoms with Gasteiger partial charge in [-0.3, -0.25) is 9.59 Å². The summed E-state index contributed by atoms with van der Waals surface area (Å²) >= 11 is 1.15. The van der Waals surface area contributed by atoms with Crippen molar-refractivity contribution >= 4 is 44.5 Å². The van der Waals surface area contributed by atoms with Crippen LogP contribution in [0.25, 0.3) is 0 Å². The van der Waals surface area contributed by atoms with Crippen molar-refractivity contribution in [3.63, 3.8) is 0 Å². The van der Waals surface area contributed by atoms with E-state index in [2.05, 4.69) is 5.32 Å². The number of nitrogens with one attached hydrogen (secondary N) is 1. The average molecular weight is 420 g/mol. The number of benzene rings is 1. The molecule has 0 bridgehead atoms. The second kappa shape index (κ2) is 7.65. The number of carbonyl (C=O) groups excluding carboxylic acids is 2. The fraction of sp³-hybridized carbons (Fsp3) is 0.368. The van der Waals surface area contributed by atoms with Crippen molar-refractivity contribution in [2.75, 3.05) is 23.3 Å². The van der Waals surface area contributed by atoms with E-state index >= 15 is 0 Å². The van der Waals surface area contributed by atoms with Crippen LogP contribution in [0.3, 0.4) is 0 Å². The van der Waals surface area contributed by atoms with E-state index in [1.807, 2.05) is 6.07 Å². The third-order valence-corrected chi connectivity index (χ3v) is 8.34. The molecular weight excluding hydrogens is 398 g/mol. The Balaban J connectivity index is 1.51. The summed E-state index contributed by atoms with van der Waals surface area (Å²) in [6.45, 7) is 1.01. The van der Waals surface area contributed by atoms with Crippen LogP contribution in [0.5, 0.6) is 0 Å². The minimum absolute atomic E-state index is 0.0764. The lowest BCUT2D eigenvalue weighted by Gasteiger charge is -2.23. The van der Waals surface area contributed by atoms with Gasteiger partial charge >= 0.3 is 0 Å². The van der Waals surface area contributed by atoms with Gasteiger partial charge in [0.1, 0.15) is 10.3 Å². The topological polar surface area (TPSA) is 86.8 Å². The molecule has 1 aromatic carbocycles. The zero-order chi connectivity index (χ0) is 19.7. The Morgan fingerprint density at radius 3 is 2.71 bits per heavy atom. The number of hydrogen-bond donors (Lipinski definition) is 1. The van der Waals surface area contributed by atoms with Gasteiger partial charge in [-0.15, -0.1) is 11.3 Å². The lowest BCUT2D eigenvalue weighted by molar-refractivity contribution is -0.119. The fourth-order valence-electron chi connectivity index (χ4n) is 3.71. The molecule has 0 radical (unpaired) electrons. The quantitative estimate of drug-likeness (QED) is 0.807. The van der Waals surface area contributed by atoms with E-state index < -0.39 is 16.1 Å². The Bertz CT molecular complexity index is 988. The van der Waals surface area contributed by atoms with Crippen LogP contribution < -0.4 is 10.2 Å². The minimum atomic E-state index is -3.67. The Labute approximate surface area is 168 Å². The first-order valence-electron chi connectivity index (χ1n) is 9.23. The van der Waals surface area contributed by atoms with Crippen LogP contribution in [-0.2, 0) is 19.6 Å². The van der Waals surface area contributed by atoms with Gasteiger partial charge in [0.15, 0.2) is 0 Å². The van der Waals surface area contributed by atoms with Crippen molar-refractivity contribution in [1.29, 1.82) is 0 Å². The SMILES string of the molecule is O=C(Nc1cccc(N2CCCC2=O)c1)C1CCCN1S(=O)(=O)c1cccs1. The first-order valence-corrected chi connectivity index (χ1v) is 11.6. The largest absolute Gasteiger partial charge is 0.325 e. The smallest absolute Gasteiger partial charge is 0.253 e. The normalized spacial score (nSPS) is 20.6. The zero-order valence-corrected chi connectivity index (χ0v) is 16.8. The average Bonchev–Trinajstić information content (AvgIpc) is 3.43. The molecule has 1 N–H and O–H groups in total. The van der Waals surface area contributed by atoms with Gasteiger partial charge in [-0.2, -0.15) is 4.31 Å². The van der Waals surface area contributed by atoms with E-state index in [0.717, 1.165) is 23.4 Å². The maximum Gasteiger partial charge on any atom is 0.253 e. The van der Waals surface area contributed by atoms with Crippen molar-refractivity contribution in [3.8, 4) is 0 Å². The number of thiophene rings is 1. The molecule has 2 aliphatic rings. The summed E-state index contributed by atoms with van der Waals surface area (Å²) in [6.07, 6.45) is 2.49. The van der Waals surface area contributed by atoms with Crippen LogP contribution in [0.4, 0.5) is 11.4 Å². The third kappa shape index (κ3) is 3.57. The van der Waals surface area contributed by atoms with Crippen molar-refractivity contribution in [2.45, 2.75) is 35.9 Å². The molecule has 2 aromatic rings. The second-order valence-electron chi connectivity index (χ2n) is 6.89. The number of amides is 2. The van der Waals surface area contributed by atoms with Crippen LogP contribution in [0.1, 0.15) is 25.7 Å². The highest BCUT2D eigenvalue weighted by atomic mass is 32.2. The first-order chi connectivity index (χ1) is 13.5. The number of anilines is 2. The molecule has 28 heavy (non-hydrogen) atoms. The Kier molecular flexibility index (Phi) is 5.22. The van der Waals surface area contributed by atoms with Gasteiger partial charge in [0.2, 0.25) is 11.8 Å². The molecule has 2 fully saturated rings. The number of sulfonamides is 1. The third-order valence-electron chi connectivity index (χ3n) is 5.06. The van der Waals surface area contributed by atoms with Gasteiger partial charge in [-0.05, 0) is 48.9 Å². The van der Waals surface area contributed by atoms with Gasteiger partial charge in [0, 0.05) is 30.9 Å². The molecule has 2 aliphatic heterocycles. The van der Waals surface area contributed by atoms with E-state index in [4.69, 9.17) is 0 Å². The summed E-state index contributed by atoms with van der Waals surface area (Å²) in [7, 11) is -3.67. The fourth-order valence-corrected chi connectivity index (χ4v) is 6.49. The van der Waals surface area contributed by atoms with Crippen LogP contribution in [0.15, 0.2) is 46.0 Å². The van der Waals surface area contributed by atoms with Gasteiger partial charge in [-0.1, -0.05) is 12.1 Å².